The minimum Gasteiger partial charge on any atom is -0.484 e. The van der Waals surface area contributed by atoms with Gasteiger partial charge in [0.25, 0.3) is 5.91 Å². The summed E-state index contributed by atoms with van der Waals surface area (Å²) in [5.41, 5.74) is 1.20. The number of piperazine rings is 1. The van der Waals surface area contributed by atoms with Crippen LogP contribution in [-0.2, 0) is 16.1 Å². The summed E-state index contributed by atoms with van der Waals surface area (Å²) >= 11 is 6.04. The summed E-state index contributed by atoms with van der Waals surface area (Å²) in [6.07, 6.45) is 0. The van der Waals surface area contributed by atoms with Crippen LogP contribution in [-0.4, -0.2) is 56.0 Å². The van der Waals surface area contributed by atoms with E-state index in [0.717, 1.165) is 24.7 Å². The van der Waals surface area contributed by atoms with Crippen molar-refractivity contribution in [2.45, 2.75) is 6.54 Å². The minimum absolute atomic E-state index is 0.000605. The topological polar surface area (TPSA) is 63.1 Å². The van der Waals surface area contributed by atoms with E-state index in [1.54, 1.807) is 17.0 Å². The molecule has 0 aliphatic carbocycles. The van der Waals surface area contributed by atoms with E-state index in [0.29, 0.717) is 18.8 Å². The molecule has 7 heteroatoms. The number of halogens is 1. The monoisotopic (exact) mass is 402 g/mol. The number of amides is 2. The van der Waals surface area contributed by atoms with E-state index in [1.807, 2.05) is 36.4 Å². The molecule has 0 atom stereocenters. The number of nitrogens with zero attached hydrogens (tertiary/aromatic N) is 1. The van der Waals surface area contributed by atoms with E-state index in [1.165, 1.54) is 10.5 Å². The first kappa shape index (κ1) is 20.2. The molecule has 0 radical (unpaired) electrons. The molecule has 0 spiro atoms. The second-order valence-electron chi connectivity index (χ2n) is 6.82. The molecule has 0 bridgehead atoms. The molecular weight excluding hydrogens is 378 g/mol. The Balaban J connectivity index is 1.35. The van der Waals surface area contributed by atoms with Crippen LogP contribution in [0.2, 0.25) is 5.02 Å². The second-order valence-corrected chi connectivity index (χ2v) is 7.25. The Labute approximate surface area is 170 Å². The maximum Gasteiger partial charge on any atom is 0.258 e. The van der Waals surface area contributed by atoms with Crippen LogP contribution in [0.5, 0.6) is 5.75 Å². The summed E-state index contributed by atoms with van der Waals surface area (Å²) in [7, 11) is 0. The molecule has 28 heavy (non-hydrogen) atoms. The molecule has 3 rings (SSSR count). The Morgan fingerprint density at radius 2 is 1.82 bits per heavy atom. The number of para-hydroxylation sites is 1. The van der Waals surface area contributed by atoms with Gasteiger partial charge in [-0.15, -0.1) is 0 Å². The first-order valence-electron chi connectivity index (χ1n) is 9.40. The van der Waals surface area contributed by atoms with Crippen LogP contribution in [0.3, 0.4) is 0 Å². The van der Waals surface area contributed by atoms with Crippen LogP contribution in [0.4, 0.5) is 0 Å². The molecule has 2 N–H and O–H groups in total. The molecular formula is C21H25ClN3O3+. The molecule has 2 amide bonds. The number of benzene rings is 2. The number of hydrogen-bond donors (Lipinski definition) is 2. The molecule has 2 aromatic rings. The minimum atomic E-state index is -0.303. The van der Waals surface area contributed by atoms with Crippen molar-refractivity contribution in [1.82, 2.24) is 10.2 Å². The predicted octanol–water partition coefficient (Wildman–Crippen LogP) is 0.762. The van der Waals surface area contributed by atoms with Gasteiger partial charge >= 0.3 is 0 Å². The fraction of sp³-hybridized carbons (Fsp3) is 0.333. The maximum absolute atomic E-state index is 12.3. The fourth-order valence-corrected chi connectivity index (χ4v) is 3.40. The summed E-state index contributed by atoms with van der Waals surface area (Å²) in [4.78, 5) is 27.4. The summed E-state index contributed by atoms with van der Waals surface area (Å²) < 4.78 is 5.37. The number of rotatable bonds is 7. The molecule has 1 aliphatic rings. The Morgan fingerprint density at radius 1 is 1.07 bits per heavy atom. The maximum atomic E-state index is 12.3. The van der Waals surface area contributed by atoms with Gasteiger partial charge in [-0.3, -0.25) is 9.59 Å². The average molecular weight is 403 g/mol. The first-order chi connectivity index (χ1) is 13.6. The van der Waals surface area contributed by atoms with E-state index >= 15 is 0 Å². The normalized spacial score (nSPS) is 14.5. The molecule has 2 aromatic carbocycles. The summed E-state index contributed by atoms with van der Waals surface area (Å²) in [5.74, 6) is 0.264. The largest absolute Gasteiger partial charge is 0.484 e. The van der Waals surface area contributed by atoms with E-state index in [-0.39, 0.29) is 25.0 Å². The van der Waals surface area contributed by atoms with Gasteiger partial charge in [0.05, 0.1) is 32.7 Å². The highest BCUT2D eigenvalue weighted by molar-refractivity contribution is 6.30. The van der Waals surface area contributed by atoms with E-state index in [4.69, 9.17) is 16.3 Å². The lowest BCUT2D eigenvalue weighted by atomic mass is 10.2. The number of hydrogen-bond acceptors (Lipinski definition) is 3. The predicted molar refractivity (Wildman–Crippen MR) is 107 cm³/mol. The fourth-order valence-electron chi connectivity index (χ4n) is 3.19. The van der Waals surface area contributed by atoms with Gasteiger partial charge in [0.1, 0.15) is 12.3 Å². The van der Waals surface area contributed by atoms with Crippen molar-refractivity contribution in [2.24, 2.45) is 0 Å². The van der Waals surface area contributed by atoms with Crippen LogP contribution in [0.25, 0.3) is 0 Å². The lowest BCUT2D eigenvalue weighted by Crippen LogP contribution is -3.13. The third-order valence-corrected chi connectivity index (χ3v) is 4.95. The van der Waals surface area contributed by atoms with Gasteiger partial charge in [-0.1, -0.05) is 41.9 Å². The zero-order chi connectivity index (χ0) is 19.8. The van der Waals surface area contributed by atoms with Gasteiger partial charge < -0.3 is 19.9 Å². The lowest BCUT2D eigenvalue weighted by Gasteiger charge is -2.32. The van der Waals surface area contributed by atoms with Crippen molar-refractivity contribution in [2.75, 3.05) is 39.3 Å². The average Bonchev–Trinajstić information content (AvgIpc) is 2.72. The molecule has 1 aliphatic heterocycles. The van der Waals surface area contributed by atoms with Gasteiger partial charge in [-0.25, -0.2) is 0 Å². The molecule has 6 nitrogen and oxygen atoms in total. The molecule has 0 unspecified atom stereocenters. The highest BCUT2D eigenvalue weighted by Crippen LogP contribution is 2.10. The smallest absolute Gasteiger partial charge is 0.258 e. The van der Waals surface area contributed by atoms with Crippen LogP contribution < -0.4 is 15.0 Å². The summed E-state index contributed by atoms with van der Waals surface area (Å²) in [5, 5.41) is 3.38. The van der Waals surface area contributed by atoms with Crippen molar-refractivity contribution >= 4 is 23.4 Å². The van der Waals surface area contributed by atoms with Crippen molar-refractivity contribution in [3.8, 4) is 5.75 Å². The van der Waals surface area contributed by atoms with Crippen LogP contribution in [0.15, 0.2) is 54.6 Å². The second kappa shape index (κ2) is 10.1. The molecule has 148 valence electrons. The Morgan fingerprint density at radius 3 is 2.54 bits per heavy atom. The quantitative estimate of drug-likeness (QED) is 0.719. The van der Waals surface area contributed by atoms with Crippen LogP contribution >= 0.6 is 11.6 Å². The third kappa shape index (κ3) is 6.25. The lowest BCUT2D eigenvalue weighted by molar-refractivity contribution is -0.917. The zero-order valence-corrected chi connectivity index (χ0v) is 16.5. The molecule has 0 aromatic heterocycles. The Kier molecular flexibility index (Phi) is 7.28. The summed E-state index contributed by atoms with van der Waals surface area (Å²) in [6, 6.07) is 17.0. The van der Waals surface area contributed by atoms with Gasteiger partial charge in [-0.2, -0.15) is 0 Å². The van der Waals surface area contributed by atoms with E-state index in [2.05, 4.69) is 11.4 Å². The Hall–Kier alpha value is -2.57. The van der Waals surface area contributed by atoms with Gasteiger partial charge in [0, 0.05) is 10.6 Å². The number of ether oxygens (including phenoxy) is 1. The molecule has 0 saturated carbocycles. The summed E-state index contributed by atoms with van der Waals surface area (Å²) in [6.45, 7) is 3.93. The highest BCUT2D eigenvalue weighted by Gasteiger charge is 2.23. The standard InChI is InChI=1S/C21H24ClN3O3/c22-18-6-4-5-17(13-18)15-24-9-11-25(12-10-24)21(27)14-23-20(26)16-28-19-7-2-1-3-8-19/h1-8,13H,9-12,14-16H2,(H,23,26)/p+1. The third-order valence-electron chi connectivity index (χ3n) is 4.72. The zero-order valence-electron chi connectivity index (χ0n) is 15.7. The Bertz CT molecular complexity index is 792. The number of carbonyl (C=O) groups excluding carboxylic acids is 2. The van der Waals surface area contributed by atoms with Crippen molar-refractivity contribution in [3.63, 3.8) is 0 Å². The van der Waals surface area contributed by atoms with Crippen LogP contribution in [0, 0.1) is 0 Å². The van der Waals surface area contributed by atoms with Gasteiger partial charge in [0.2, 0.25) is 5.91 Å². The number of nitrogens with one attached hydrogen (secondary N) is 2. The number of quaternary nitrogens is 1. The van der Waals surface area contributed by atoms with Gasteiger partial charge in [0.15, 0.2) is 6.61 Å². The van der Waals surface area contributed by atoms with Gasteiger partial charge in [-0.05, 0) is 24.3 Å². The molecule has 1 fully saturated rings. The van der Waals surface area contributed by atoms with E-state index < -0.39 is 0 Å². The number of carbonyl (C=O) groups is 2. The van der Waals surface area contributed by atoms with E-state index in [9.17, 15) is 9.59 Å². The van der Waals surface area contributed by atoms with Crippen molar-refractivity contribution in [1.29, 1.82) is 0 Å². The molecule has 1 saturated heterocycles. The first-order valence-corrected chi connectivity index (χ1v) is 9.78. The SMILES string of the molecule is O=C(COc1ccccc1)NCC(=O)N1CC[NH+](Cc2cccc(Cl)c2)CC1. The molecule has 1 heterocycles. The highest BCUT2D eigenvalue weighted by atomic mass is 35.5. The van der Waals surface area contributed by atoms with Crippen LogP contribution in [0.1, 0.15) is 5.56 Å². The van der Waals surface area contributed by atoms with Crippen molar-refractivity contribution in [3.05, 3.63) is 65.2 Å². The van der Waals surface area contributed by atoms with Crippen molar-refractivity contribution < 1.29 is 19.2 Å².